The second-order valence-electron chi connectivity index (χ2n) is 4.32. The van der Waals surface area contributed by atoms with Gasteiger partial charge in [-0.05, 0) is 37.1 Å². The van der Waals surface area contributed by atoms with Crippen molar-refractivity contribution in [3.8, 4) is 0 Å². The molecule has 1 aromatic carbocycles. The van der Waals surface area contributed by atoms with Crippen LogP contribution in [-0.2, 0) is 9.53 Å². The fourth-order valence-electron chi connectivity index (χ4n) is 1.89. The molecule has 1 saturated heterocycles. The summed E-state index contributed by atoms with van der Waals surface area (Å²) in [4.78, 5) is 11.6. The Hall–Kier alpha value is -1.17. The molecule has 1 aromatic rings. The summed E-state index contributed by atoms with van der Waals surface area (Å²) in [7, 11) is 0. The molecule has 1 amide bonds. The van der Waals surface area contributed by atoms with E-state index in [0.29, 0.717) is 12.2 Å². The lowest BCUT2D eigenvalue weighted by Gasteiger charge is -2.10. The molecular formula is C13H18ClFN2O2. The number of rotatable bonds is 5. The molecule has 1 fully saturated rings. The summed E-state index contributed by atoms with van der Waals surface area (Å²) in [5.41, 5.74) is 0.598. The van der Waals surface area contributed by atoms with E-state index in [0.717, 1.165) is 19.4 Å². The zero-order valence-electron chi connectivity index (χ0n) is 10.5. The van der Waals surface area contributed by atoms with Crippen LogP contribution in [0.25, 0.3) is 0 Å². The van der Waals surface area contributed by atoms with Gasteiger partial charge >= 0.3 is 0 Å². The highest BCUT2D eigenvalue weighted by molar-refractivity contribution is 5.92. The Morgan fingerprint density at radius 1 is 1.37 bits per heavy atom. The van der Waals surface area contributed by atoms with Crippen molar-refractivity contribution in [1.29, 1.82) is 0 Å². The molecule has 1 atom stereocenters. The lowest BCUT2D eigenvalue weighted by atomic mass is 10.2. The molecule has 1 heterocycles. The van der Waals surface area contributed by atoms with Crippen LogP contribution in [0.5, 0.6) is 0 Å². The van der Waals surface area contributed by atoms with Gasteiger partial charge in [-0.1, -0.05) is 0 Å². The van der Waals surface area contributed by atoms with E-state index in [9.17, 15) is 9.18 Å². The van der Waals surface area contributed by atoms with Crippen LogP contribution in [0.3, 0.4) is 0 Å². The van der Waals surface area contributed by atoms with Crippen molar-refractivity contribution in [2.24, 2.45) is 0 Å². The van der Waals surface area contributed by atoms with E-state index in [-0.39, 0.29) is 36.8 Å². The van der Waals surface area contributed by atoms with Crippen molar-refractivity contribution in [2.45, 2.75) is 18.9 Å². The second-order valence-corrected chi connectivity index (χ2v) is 4.32. The van der Waals surface area contributed by atoms with Crippen molar-refractivity contribution >= 4 is 24.0 Å². The SMILES string of the molecule is Cl.O=C(CNCC1CCCO1)Nc1ccc(F)cc1. The number of hydrogen-bond acceptors (Lipinski definition) is 3. The summed E-state index contributed by atoms with van der Waals surface area (Å²) in [5.74, 6) is -0.455. The molecule has 0 spiro atoms. The molecule has 1 unspecified atom stereocenters. The summed E-state index contributed by atoms with van der Waals surface area (Å²) in [5, 5.41) is 5.73. The number of amides is 1. The van der Waals surface area contributed by atoms with Gasteiger partial charge in [0.1, 0.15) is 5.82 Å². The molecule has 2 N–H and O–H groups in total. The molecule has 1 aliphatic rings. The van der Waals surface area contributed by atoms with Crippen molar-refractivity contribution < 1.29 is 13.9 Å². The van der Waals surface area contributed by atoms with Gasteiger partial charge in [-0.3, -0.25) is 4.79 Å². The predicted molar refractivity (Wildman–Crippen MR) is 74.1 cm³/mol. The van der Waals surface area contributed by atoms with E-state index in [4.69, 9.17) is 4.74 Å². The Labute approximate surface area is 118 Å². The summed E-state index contributed by atoms with van der Waals surface area (Å²) in [6.07, 6.45) is 2.37. The van der Waals surface area contributed by atoms with E-state index in [1.165, 1.54) is 24.3 Å². The van der Waals surface area contributed by atoms with Crippen molar-refractivity contribution in [1.82, 2.24) is 5.32 Å². The number of halogens is 2. The number of carbonyl (C=O) groups is 1. The van der Waals surface area contributed by atoms with Gasteiger partial charge in [0, 0.05) is 18.8 Å². The molecule has 0 bridgehead atoms. The van der Waals surface area contributed by atoms with Gasteiger partial charge in [-0.15, -0.1) is 12.4 Å². The maximum Gasteiger partial charge on any atom is 0.238 e. The van der Waals surface area contributed by atoms with E-state index in [1.807, 2.05) is 0 Å². The van der Waals surface area contributed by atoms with Gasteiger partial charge in [0.25, 0.3) is 0 Å². The molecule has 106 valence electrons. The van der Waals surface area contributed by atoms with E-state index in [2.05, 4.69) is 10.6 Å². The number of benzene rings is 1. The van der Waals surface area contributed by atoms with Crippen LogP contribution in [0.1, 0.15) is 12.8 Å². The third-order valence-corrected chi connectivity index (χ3v) is 2.81. The minimum atomic E-state index is -0.315. The molecule has 1 aliphatic heterocycles. The zero-order chi connectivity index (χ0) is 12.8. The summed E-state index contributed by atoms with van der Waals surface area (Å²) >= 11 is 0. The van der Waals surface area contributed by atoms with Gasteiger partial charge in [-0.25, -0.2) is 4.39 Å². The summed E-state index contributed by atoms with van der Waals surface area (Å²) in [6.45, 7) is 1.74. The highest BCUT2D eigenvalue weighted by Crippen LogP contribution is 2.10. The first-order chi connectivity index (χ1) is 8.74. The molecule has 0 aliphatic carbocycles. The topological polar surface area (TPSA) is 50.4 Å². The van der Waals surface area contributed by atoms with Gasteiger partial charge in [0.2, 0.25) is 5.91 Å². The smallest absolute Gasteiger partial charge is 0.238 e. The maximum atomic E-state index is 12.7. The third-order valence-electron chi connectivity index (χ3n) is 2.81. The molecule has 2 rings (SSSR count). The van der Waals surface area contributed by atoms with Gasteiger partial charge in [-0.2, -0.15) is 0 Å². The average Bonchev–Trinajstić information content (AvgIpc) is 2.85. The first-order valence-corrected chi connectivity index (χ1v) is 6.12. The fraction of sp³-hybridized carbons (Fsp3) is 0.462. The highest BCUT2D eigenvalue weighted by atomic mass is 35.5. The normalized spacial score (nSPS) is 17.8. The molecule has 0 radical (unpaired) electrons. The van der Waals surface area contributed by atoms with Gasteiger partial charge in [0.15, 0.2) is 0 Å². The van der Waals surface area contributed by atoms with Crippen LogP contribution in [0.2, 0.25) is 0 Å². The molecule has 19 heavy (non-hydrogen) atoms. The van der Waals surface area contributed by atoms with Crippen LogP contribution in [0.15, 0.2) is 24.3 Å². The lowest BCUT2D eigenvalue weighted by molar-refractivity contribution is -0.115. The van der Waals surface area contributed by atoms with E-state index < -0.39 is 0 Å². The quantitative estimate of drug-likeness (QED) is 0.871. The molecule has 6 heteroatoms. The minimum absolute atomic E-state index is 0. The van der Waals surface area contributed by atoms with Crippen LogP contribution in [-0.4, -0.2) is 31.7 Å². The van der Waals surface area contributed by atoms with Gasteiger partial charge in [0.05, 0.1) is 12.6 Å². The Morgan fingerprint density at radius 2 is 2.11 bits per heavy atom. The van der Waals surface area contributed by atoms with E-state index in [1.54, 1.807) is 0 Å². The van der Waals surface area contributed by atoms with E-state index >= 15 is 0 Å². The van der Waals surface area contributed by atoms with Crippen molar-refractivity contribution in [3.63, 3.8) is 0 Å². The third kappa shape index (κ3) is 5.55. The standard InChI is InChI=1S/C13H17FN2O2.ClH/c14-10-3-5-11(6-4-10)16-13(17)9-15-8-12-2-1-7-18-12;/h3-6,12,15H,1-2,7-9H2,(H,16,17);1H. The largest absolute Gasteiger partial charge is 0.377 e. The number of anilines is 1. The van der Waals surface area contributed by atoms with Crippen LogP contribution in [0, 0.1) is 5.82 Å². The van der Waals surface area contributed by atoms with Crippen molar-refractivity contribution in [3.05, 3.63) is 30.1 Å². The predicted octanol–water partition coefficient (Wildman–Crippen LogP) is 1.95. The molecular weight excluding hydrogens is 271 g/mol. The Kier molecular flexibility index (Phi) is 6.77. The number of carbonyl (C=O) groups excluding carboxylic acids is 1. The first-order valence-electron chi connectivity index (χ1n) is 6.12. The summed E-state index contributed by atoms with van der Waals surface area (Å²) in [6, 6.07) is 5.70. The van der Waals surface area contributed by atoms with Crippen LogP contribution < -0.4 is 10.6 Å². The van der Waals surface area contributed by atoms with Crippen LogP contribution >= 0.6 is 12.4 Å². The first kappa shape index (κ1) is 15.9. The van der Waals surface area contributed by atoms with Crippen LogP contribution in [0.4, 0.5) is 10.1 Å². The molecule has 0 aromatic heterocycles. The lowest BCUT2D eigenvalue weighted by Crippen LogP contribution is -2.33. The maximum absolute atomic E-state index is 12.7. The minimum Gasteiger partial charge on any atom is -0.377 e. The number of ether oxygens (including phenoxy) is 1. The average molecular weight is 289 g/mol. The number of nitrogens with one attached hydrogen (secondary N) is 2. The highest BCUT2D eigenvalue weighted by Gasteiger charge is 2.14. The molecule has 0 saturated carbocycles. The number of hydrogen-bond donors (Lipinski definition) is 2. The second kappa shape index (κ2) is 8.09. The molecule has 4 nitrogen and oxygen atoms in total. The Morgan fingerprint density at radius 3 is 2.74 bits per heavy atom. The van der Waals surface area contributed by atoms with Gasteiger partial charge < -0.3 is 15.4 Å². The monoisotopic (exact) mass is 288 g/mol. The Balaban J connectivity index is 0.00000180. The zero-order valence-corrected chi connectivity index (χ0v) is 11.3. The van der Waals surface area contributed by atoms with Crippen molar-refractivity contribution in [2.75, 3.05) is 25.0 Å². The fourth-order valence-corrected chi connectivity index (χ4v) is 1.89. The summed E-state index contributed by atoms with van der Waals surface area (Å²) < 4.78 is 18.1. The Bertz CT molecular complexity index is 394.